The number of hydrogen-bond donors (Lipinski definition) is 3. The van der Waals surface area contributed by atoms with Gasteiger partial charge in [-0.3, -0.25) is 0 Å². The van der Waals surface area contributed by atoms with Crippen molar-refractivity contribution in [2.24, 2.45) is 5.73 Å². The van der Waals surface area contributed by atoms with Crippen molar-refractivity contribution in [2.45, 2.75) is 52.0 Å². The molecule has 2 heterocycles. The van der Waals surface area contributed by atoms with Crippen molar-refractivity contribution >= 4 is 17.3 Å². The van der Waals surface area contributed by atoms with Crippen LogP contribution < -0.4 is 28.8 Å². The minimum Gasteiger partial charge on any atom is -1.00 e. The van der Waals surface area contributed by atoms with Crippen molar-refractivity contribution in [3.8, 4) is 0 Å². The molecule has 0 unspecified atom stereocenters. The number of anilines is 2. The zero-order chi connectivity index (χ0) is 19.8. The van der Waals surface area contributed by atoms with Crippen LogP contribution in [0.25, 0.3) is 5.65 Å². The molecular formula is C22H32ClN6-. The van der Waals surface area contributed by atoms with Crippen LogP contribution in [0.4, 0.5) is 11.6 Å². The Morgan fingerprint density at radius 2 is 1.79 bits per heavy atom. The van der Waals surface area contributed by atoms with Crippen molar-refractivity contribution in [1.29, 1.82) is 0 Å². The van der Waals surface area contributed by atoms with Crippen molar-refractivity contribution < 1.29 is 12.4 Å². The summed E-state index contributed by atoms with van der Waals surface area (Å²) in [7, 11) is 0. The molecule has 6 nitrogen and oxygen atoms in total. The lowest BCUT2D eigenvalue weighted by Gasteiger charge is -2.13. The molecule has 0 saturated carbocycles. The fourth-order valence-electron chi connectivity index (χ4n) is 3.23. The fraction of sp³-hybridized carbons (Fsp3) is 0.455. The first-order chi connectivity index (χ1) is 13.7. The van der Waals surface area contributed by atoms with E-state index in [1.807, 2.05) is 22.8 Å². The number of nitrogens with one attached hydrogen (secondary N) is 2. The molecule has 0 aliphatic carbocycles. The Kier molecular flexibility index (Phi) is 9.22. The Hall–Kier alpha value is -2.31. The Bertz CT molecular complexity index is 862. The summed E-state index contributed by atoms with van der Waals surface area (Å²) in [4.78, 5) is 4.84. The van der Waals surface area contributed by atoms with Crippen LogP contribution in [-0.2, 0) is 6.54 Å². The van der Waals surface area contributed by atoms with Crippen LogP contribution >= 0.6 is 0 Å². The molecule has 0 bridgehead atoms. The first kappa shape index (κ1) is 23.0. The predicted octanol–water partition coefficient (Wildman–Crippen LogP) is 1.40. The van der Waals surface area contributed by atoms with Gasteiger partial charge in [0.25, 0.3) is 0 Å². The maximum atomic E-state index is 5.56. The molecule has 1 aromatic carbocycles. The Morgan fingerprint density at radius 3 is 2.52 bits per heavy atom. The third-order valence-electron chi connectivity index (χ3n) is 4.87. The second-order valence-electron chi connectivity index (χ2n) is 7.49. The lowest BCUT2D eigenvalue weighted by Crippen LogP contribution is -3.00. The molecule has 0 fully saturated rings. The van der Waals surface area contributed by atoms with Crippen LogP contribution in [0.1, 0.15) is 56.6 Å². The van der Waals surface area contributed by atoms with Crippen LogP contribution in [0.3, 0.4) is 0 Å². The van der Waals surface area contributed by atoms with Gasteiger partial charge in [-0.25, -0.2) is 4.98 Å². The Balaban J connectivity index is 0.00000300. The van der Waals surface area contributed by atoms with Crippen molar-refractivity contribution in [3.63, 3.8) is 0 Å². The first-order valence-corrected chi connectivity index (χ1v) is 10.3. The Morgan fingerprint density at radius 1 is 1.03 bits per heavy atom. The molecule has 0 amide bonds. The second kappa shape index (κ2) is 11.6. The summed E-state index contributed by atoms with van der Waals surface area (Å²) in [6.45, 7) is 6.79. The van der Waals surface area contributed by atoms with E-state index in [0.717, 1.165) is 55.3 Å². The number of hydrogen-bond acceptors (Lipinski definition) is 5. The van der Waals surface area contributed by atoms with E-state index >= 15 is 0 Å². The van der Waals surface area contributed by atoms with Gasteiger partial charge in [0, 0.05) is 24.7 Å². The van der Waals surface area contributed by atoms with E-state index in [-0.39, 0.29) is 12.4 Å². The van der Waals surface area contributed by atoms with E-state index in [9.17, 15) is 0 Å². The largest absolute Gasteiger partial charge is 1.00 e. The number of unbranched alkanes of at least 4 members (excludes halogenated alkanes) is 3. The van der Waals surface area contributed by atoms with Crippen LogP contribution in [0.5, 0.6) is 0 Å². The lowest BCUT2D eigenvalue weighted by molar-refractivity contribution is -0.00000613. The highest BCUT2D eigenvalue weighted by Gasteiger charge is 2.13. The van der Waals surface area contributed by atoms with Gasteiger partial charge >= 0.3 is 0 Å². The number of nitrogens with zero attached hydrogens (tertiary/aromatic N) is 3. The van der Waals surface area contributed by atoms with Gasteiger partial charge in [0.2, 0.25) is 0 Å². The monoisotopic (exact) mass is 415 g/mol. The van der Waals surface area contributed by atoms with Gasteiger partial charge in [-0.05, 0) is 30.9 Å². The SMILES string of the molecule is CC(C)c1cnn2c(NCc3ccccc3)cc(NCCCCCCN)nc12.[Cl-]. The molecule has 158 valence electrons. The number of fused-ring (bicyclic) bond motifs is 1. The van der Waals surface area contributed by atoms with E-state index in [1.165, 1.54) is 18.4 Å². The van der Waals surface area contributed by atoms with E-state index in [1.54, 1.807) is 0 Å². The summed E-state index contributed by atoms with van der Waals surface area (Å²) in [5.74, 6) is 2.22. The standard InChI is InChI=1S/C22H32N6.ClH/c1-17(2)19-16-26-28-21(25-15-18-10-6-5-7-11-18)14-20(27-22(19)28)24-13-9-4-3-8-12-23;/h5-7,10-11,14,16-17,25H,3-4,8-9,12-13,15,23H2,1-2H3,(H,24,27);1H/p-1. The first-order valence-electron chi connectivity index (χ1n) is 10.3. The molecular weight excluding hydrogens is 384 g/mol. The summed E-state index contributed by atoms with van der Waals surface area (Å²) in [6, 6.07) is 12.4. The Labute approximate surface area is 179 Å². The average molecular weight is 416 g/mol. The summed E-state index contributed by atoms with van der Waals surface area (Å²) >= 11 is 0. The number of benzene rings is 1. The highest BCUT2D eigenvalue weighted by molar-refractivity contribution is 5.61. The van der Waals surface area contributed by atoms with Gasteiger partial charge in [-0.2, -0.15) is 9.61 Å². The zero-order valence-corrected chi connectivity index (χ0v) is 18.1. The molecule has 3 rings (SSSR count). The van der Waals surface area contributed by atoms with Crippen LogP contribution in [-0.4, -0.2) is 27.7 Å². The van der Waals surface area contributed by atoms with Gasteiger partial charge in [-0.15, -0.1) is 0 Å². The topological polar surface area (TPSA) is 80.3 Å². The molecule has 0 atom stereocenters. The number of rotatable bonds is 11. The van der Waals surface area contributed by atoms with Gasteiger partial charge in [0.15, 0.2) is 5.65 Å². The quantitative estimate of drug-likeness (QED) is 0.412. The van der Waals surface area contributed by atoms with E-state index in [0.29, 0.717) is 5.92 Å². The normalized spacial score (nSPS) is 10.9. The maximum Gasteiger partial charge on any atom is 0.163 e. The highest BCUT2D eigenvalue weighted by Crippen LogP contribution is 2.24. The molecule has 4 N–H and O–H groups in total. The molecule has 0 aliphatic heterocycles. The van der Waals surface area contributed by atoms with Gasteiger partial charge in [-0.1, -0.05) is 57.0 Å². The smallest absolute Gasteiger partial charge is 0.163 e. The van der Waals surface area contributed by atoms with Crippen molar-refractivity contribution in [3.05, 3.63) is 53.7 Å². The predicted molar refractivity (Wildman–Crippen MR) is 117 cm³/mol. The van der Waals surface area contributed by atoms with Crippen LogP contribution in [0.15, 0.2) is 42.6 Å². The number of nitrogens with two attached hydrogens (primary N) is 1. The molecule has 3 aromatic rings. The summed E-state index contributed by atoms with van der Waals surface area (Å²) in [6.07, 6.45) is 6.53. The zero-order valence-electron chi connectivity index (χ0n) is 17.4. The highest BCUT2D eigenvalue weighted by atomic mass is 35.5. The van der Waals surface area contributed by atoms with Gasteiger partial charge in [0.05, 0.1) is 6.20 Å². The molecule has 0 radical (unpaired) electrons. The van der Waals surface area contributed by atoms with E-state index < -0.39 is 0 Å². The summed E-state index contributed by atoms with van der Waals surface area (Å²) in [5.41, 5.74) is 8.87. The van der Waals surface area contributed by atoms with Crippen LogP contribution in [0.2, 0.25) is 0 Å². The summed E-state index contributed by atoms with van der Waals surface area (Å²) in [5, 5.41) is 11.6. The molecule has 29 heavy (non-hydrogen) atoms. The molecule has 2 aromatic heterocycles. The van der Waals surface area contributed by atoms with Crippen molar-refractivity contribution in [1.82, 2.24) is 14.6 Å². The minimum absolute atomic E-state index is 0. The summed E-state index contributed by atoms with van der Waals surface area (Å²) < 4.78 is 1.91. The fourth-order valence-corrected chi connectivity index (χ4v) is 3.23. The van der Waals surface area contributed by atoms with E-state index in [4.69, 9.17) is 10.7 Å². The lowest BCUT2D eigenvalue weighted by atomic mass is 10.1. The average Bonchev–Trinajstić information content (AvgIpc) is 3.14. The van der Waals surface area contributed by atoms with E-state index in [2.05, 4.69) is 53.8 Å². The maximum absolute atomic E-state index is 5.56. The molecule has 0 saturated heterocycles. The molecule has 7 heteroatoms. The van der Waals surface area contributed by atoms with Gasteiger partial charge < -0.3 is 28.8 Å². The third kappa shape index (κ3) is 6.34. The van der Waals surface area contributed by atoms with Gasteiger partial charge in [0.1, 0.15) is 11.6 Å². The molecule has 0 spiro atoms. The van der Waals surface area contributed by atoms with Crippen molar-refractivity contribution in [2.75, 3.05) is 23.7 Å². The number of aromatic nitrogens is 3. The third-order valence-corrected chi connectivity index (χ3v) is 4.87. The number of halogens is 1. The second-order valence-corrected chi connectivity index (χ2v) is 7.49. The minimum atomic E-state index is 0. The molecule has 0 aliphatic rings. The van der Waals surface area contributed by atoms with Crippen LogP contribution in [0, 0.1) is 0 Å².